The molecule has 0 saturated heterocycles. The molecule has 49 heavy (non-hydrogen) atoms. The SMILES string of the molecule is CCCCCCc1ccc(NC(=O)[C@H](Cc2ccc(OCc3ccncc3)cc2)NC(=O)C2CCC(CNC(=O)OC(C)(C)C)CC2)cc1. The predicted octanol–water partition coefficient (Wildman–Crippen LogP) is 7.78. The summed E-state index contributed by atoms with van der Waals surface area (Å²) in [6, 6.07) is 18.7. The standard InChI is InChI=1S/C40H54N4O5/c1-5-6-7-8-9-29-12-18-34(19-13-29)43-38(46)36(26-30-14-20-35(21-15-30)48-28-32-22-24-41-25-23-32)44-37(45)33-16-10-31(11-17-33)27-42-39(47)49-40(2,3)4/h12-15,18-25,31,33,36H,5-11,16-17,26-28H2,1-4H3,(H,42,47)(H,43,46)(H,44,45)/t31?,33?,36-/m0/s1. The van der Waals surface area contributed by atoms with Crippen LogP contribution in [0.3, 0.4) is 0 Å². The first-order chi connectivity index (χ1) is 23.6. The number of pyridine rings is 1. The Bertz CT molecular complexity index is 1450. The minimum atomic E-state index is -0.753. The quantitative estimate of drug-likeness (QED) is 0.134. The highest BCUT2D eigenvalue weighted by molar-refractivity contribution is 5.97. The van der Waals surface area contributed by atoms with Crippen LogP contribution in [0.15, 0.2) is 73.1 Å². The fourth-order valence-corrected chi connectivity index (χ4v) is 6.01. The zero-order chi connectivity index (χ0) is 35.1. The van der Waals surface area contributed by atoms with Gasteiger partial charge in [-0.05, 0) is 118 Å². The molecule has 2 aromatic carbocycles. The topological polar surface area (TPSA) is 119 Å². The molecule has 1 heterocycles. The van der Waals surface area contributed by atoms with Crippen LogP contribution in [0.2, 0.25) is 0 Å². The van der Waals surface area contributed by atoms with Crippen molar-refractivity contribution in [3.63, 3.8) is 0 Å². The summed E-state index contributed by atoms with van der Waals surface area (Å²) in [4.78, 5) is 43.4. The van der Waals surface area contributed by atoms with Gasteiger partial charge in [-0.3, -0.25) is 14.6 Å². The fraction of sp³-hybridized carbons (Fsp3) is 0.500. The predicted molar refractivity (Wildman–Crippen MR) is 193 cm³/mol. The number of hydrogen-bond acceptors (Lipinski definition) is 6. The first kappa shape index (κ1) is 37.4. The molecule has 1 atom stereocenters. The van der Waals surface area contributed by atoms with Gasteiger partial charge in [-0.2, -0.15) is 0 Å². The summed E-state index contributed by atoms with van der Waals surface area (Å²) < 4.78 is 11.3. The second-order valence-corrected chi connectivity index (χ2v) is 14.2. The molecule has 1 aromatic heterocycles. The summed E-state index contributed by atoms with van der Waals surface area (Å²) in [5.41, 5.74) is 3.35. The molecule has 1 aliphatic rings. The van der Waals surface area contributed by atoms with Crippen molar-refractivity contribution in [1.29, 1.82) is 0 Å². The van der Waals surface area contributed by atoms with Gasteiger partial charge >= 0.3 is 6.09 Å². The number of aryl methyl sites for hydroxylation is 1. The third-order valence-electron chi connectivity index (χ3n) is 8.84. The van der Waals surface area contributed by atoms with Gasteiger partial charge in [0.15, 0.2) is 0 Å². The summed E-state index contributed by atoms with van der Waals surface area (Å²) in [6.45, 7) is 8.68. The molecule has 264 valence electrons. The van der Waals surface area contributed by atoms with E-state index >= 15 is 0 Å². The monoisotopic (exact) mass is 670 g/mol. The van der Waals surface area contributed by atoms with Gasteiger partial charge in [0.1, 0.15) is 24.0 Å². The lowest BCUT2D eigenvalue weighted by Crippen LogP contribution is -2.48. The average molecular weight is 671 g/mol. The van der Waals surface area contributed by atoms with Crippen LogP contribution in [0.5, 0.6) is 5.75 Å². The number of carbonyl (C=O) groups excluding carboxylic acids is 3. The first-order valence-corrected chi connectivity index (χ1v) is 17.9. The molecule has 3 N–H and O–H groups in total. The van der Waals surface area contributed by atoms with Gasteiger partial charge in [0.2, 0.25) is 11.8 Å². The minimum Gasteiger partial charge on any atom is -0.489 e. The lowest BCUT2D eigenvalue weighted by molar-refractivity contribution is -0.130. The van der Waals surface area contributed by atoms with E-state index < -0.39 is 17.7 Å². The molecule has 0 aliphatic heterocycles. The summed E-state index contributed by atoms with van der Waals surface area (Å²) in [7, 11) is 0. The zero-order valence-corrected chi connectivity index (χ0v) is 29.6. The molecule has 0 bridgehead atoms. The van der Waals surface area contributed by atoms with Crippen LogP contribution in [0.1, 0.15) is 95.8 Å². The number of benzene rings is 2. The highest BCUT2D eigenvalue weighted by Gasteiger charge is 2.30. The van der Waals surface area contributed by atoms with Gasteiger partial charge in [-0.1, -0.05) is 50.5 Å². The summed E-state index contributed by atoms with van der Waals surface area (Å²) >= 11 is 0. The van der Waals surface area contributed by atoms with Gasteiger partial charge in [-0.25, -0.2) is 4.79 Å². The Morgan fingerprint density at radius 3 is 2.16 bits per heavy atom. The first-order valence-electron chi connectivity index (χ1n) is 17.9. The van der Waals surface area contributed by atoms with E-state index in [1.165, 1.54) is 24.8 Å². The van der Waals surface area contributed by atoms with Crippen LogP contribution in [0.4, 0.5) is 10.5 Å². The highest BCUT2D eigenvalue weighted by Crippen LogP contribution is 2.29. The van der Waals surface area contributed by atoms with Gasteiger partial charge in [0, 0.05) is 37.0 Å². The molecule has 3 aromatic rings. The minimum absolute atomic E-state index is 0.113. The Kier molecular flexibility index (Phi) is 14.5. The number of hydrogen-bond donors (Lipinski definition) is 3. The molecule has 1 saturated carbocycles. The molecule has 1 fully saturated rings. The number of alkyl carbamates (subject to hydrolysis) is 1. The van der Waals surface area contributed by atoms with Crippen molar-refractivity contribution in [2.75, 3.05) is 11.9 Å². The number of aromatic nitrogens is 1. The van der Waals surface area contributed by atoms with E-state index in [-0.39, 0.29) is 23.7 Å². The molecular formula is C40H54N4O5. The Morgan fingerprint density at radius 1 is 0.837 bits per heavy atom. The van der Waals surface area contributed by atoms with E-state index in [1.807, 2.05) is 69.3 Å². The molecular weight excluding hydrogens is 616 g/mol. The molecule has 4 rings (SSSR count). The Labute approximate surface area is 292 Å². The van der Waals surface area contributed by atoms with Crippen molar-refractivity contribution in [1.82, 2.24) is 15.6 Å². The fourth-order valence-electron chi connectivity index (χ4n) is 6.01. The molecule has 0 spiro atoms. The summed E-state index contributed by atoms with van der Waals surface area (Å²) in [5.74, 6) is 0.447. The molecule has 9 heteroatoms. The van der Waals surface area contributed by atoms with Gasteiger partial charge in [-0.15, -0.1) is 0 Å². The Balaban J connectivity index is 1.35. The largest absolute Gasteiger partial charge is 0.489 e. The van der Waals surface area contributed by atoms with Gasteiger partial charge < -0.3 is 25.4 Å². The summed E-state index contributed by atoms with van der Waals surface area (Å²) in [6.07, 6.45) is 12.3. The number of unbranched alkanes of at least 4 members (excludes halogenated alkanes) is 3. The lowest BCUT2D eigenvalue weighted by atomic mass is 9.81. The zero-order valence-electron chi connectivity index (χ0n) is 29.6. The number of nitrogens with one attached hydrogen (secondary N) is 3. The highest BCUT2D eigenvalue weighted by atomic mass is 16.6. The molecule has 1 aliphatic carbocycles. The van der Waals surface area contributed by atoms with Crippen LogP contribution in [-0.4, -0.2) is 41.1 Å². The third-order valence-corrected chi connectivity index (χ3v) is 8.84. The molecule has 0 unspecified atom stereocenters. The van der Waals surface area contributed by atoms with Crippen LogP contribution in [0.25, 0.3) is 0 Å². The average Bonchev–Trinajstić information content (AvgIpc) is 3.09. The second kappa shape index (κ2) is 19.0. The number of ether oxygens (including phenoxy) is 2. The van der Waals surface area contributed by atoms with E-state index in [0.717, 1.165) is 42.6 Å². The number of carbonyl (C=O) groups is 3. The maximum atomic E-state index is 13.7. The Hall–Kier alpha value is -4.40. The number of nitrogens with zero attached hydrogens (tertiary/aromatic N) is 1. The van der Waals surface area contributed by atoms with E-state index in [1.54, 1.807) is 12.4 Å². The maximum Gasteiger partial charge on any atom is 0.407 e. The van der Waals surface area contributed by atoms with Gasteiger partial charge in [0.05, 0.1) is 0 Å². The van der Waals surface area contributed by atoms with Gasteiger partial charge in [0.25, 0.3) is 0 Å². The number of rotatable bonds is 16. The normalized spacial score (nSPS) is 16.7. The van der Waals surface area contributed by atoms with Crippen molar-refractivity contribution >= 4 is 23.6 Å². The van der Waals surface area contributed by atoms with E-state index in [0.29, 0.717) is 38.1 Å². The van der Waals surface area contributed by atoms with Crippen molar-refractivity contribution < 1.29 is 23.9 Å². The van der Waals surface area contributed by atoms with Crippen molar-refractivity contribution in [3.8, 4) is 5.75 Å². The van der Waals surface area contributed by atoms with Crippen molar-refractivity contribution in [3.05, 3.63) is 89.7 Å². The van der Waals surface area contributed by atoms with E-state index in [2.05, 4.69) is 40.0 Å². The maximum absolute atomic E-state index is 13.7. The number of amides is 3. The molecule has 3 amide bonds. The smallest absolute Gasteiger partial charge is 0.407 e. The summed E-state index contributed by atoms with van der Waals surface area (Å²) in [5, 5.41) is 8.98. The third kappa shape index (κ3) is 13.6. The van der Waals surface area contributed by atoms with Crippen LogP contribution in [0, 0.1) is 11.8 Å². The van der Waals surface area contributed by atoms with Crippen molar-refractivity contribution in [2.45, 2.75) is 110 Å². The van der Waals surface area contributed by atoms with E-state index in [4.69, 9.17) is 9.47 Å². The molecule has 9 nitrogen and oxygen atoms in total. The lowest BCUT2D eigenvalue weighted by Gasteiger charge is -2.29. The van der Waals surface area contributed by atoms with Crippen LogP contribution < -0.4 is 20.7 Å². The van der Waals surface area contributed by atoms with Crippen LogP contribution >= 0.6 is 0 Å². The van der Waals surface area contributed by atoms with Crippen LogP contribution in [-0.2, 0) is 33.8 Å². The van der Waals surface area contributed by atoms with Crippen molar-refractivity contribution in [2.24, 2.45) is 11.8 Å². The Morgan fingerprint density at radius 2 is 1.51 bits per heavy atom. The molecule has 0 radical (unpaired) electrons. The second-order valence-electron chi connectivity index (χ2n) is 14.2. The van der Waals surface area contributed by atoms with E-state index in [9.17, 15) is 14.4 Å². The number of anilines is 1.